The van der Waals surface area contributed by atoms with Gasteiger partial charge in [-0.2, -0.15) is 0 Å². The second-order valence-corrected chi connectivity index (χ2v) is 6.31. The molecular formula is C18H23N3O4. The van der Waals surface area contributed by atoms with E-state index in [4.69, 9.17) is 4.74 Å². The molecule has 25 heavy (non-hydrogen) atoms. The fourth-order valence-corrected chi connectivity index (χ4v) is 3.14. The zero-order valence-electron chi connectivity index (χ0n) is 14.1. The number of fused-ring (bicyclic) bond motifs is 1. The van der Waals surface area contributed by atoms with Gasteiger partial charge in [-0.3, -0.25) is 14.4 Å². The highest BCUT2D eigenvalue weighted by Gasteiger charge is 2.25. The van der Waals surface area contributed by atoms with Crippen molar-refractivity contribution in [1.82, 2.24) is 10.6 Å². The van der Waals surface area contributed by atoms with Crippen LogP contribution in [0.1, 0.15) is 32.1 Å². The number of nitrogens with zero attached hydrogens (tertiary/aromatic N) is 1. The fourth-order valence-electron chi connectivity index (χ4n) is 3.14. The second-order valence-electron chi connectivity index (χ2n) is 6.31. The number of hydrogen-bond donors (Lipinski definition) is 2. The summed E-state index contributed by atoms with van der Waals surface area (Å²) in [6, 6.07) is 6.93. The number of amides is 3. The van der Waals surface area contributed by atoms with Crippen LogP contribution in [0.15, 0.2) is 24.3 Å². The van der Waals surface area contributed by atoms with Gasteiger partial charge in [0.1, 0.15) is 11.8 Å². The van der Waals surface area contributed by atoms with Crippen molar-refractivity contribution in [2.24, 2.45) is 0 Å². The van der Waals surface area contributed by atoms with E-state index in [1.807, 2.05) is 24.3 Å². The molecule has 7 heteroatoms. The van der Waals surface area contributed by atoms with Crippen molar-refractivity contribution in [3.05, 3.63) is 24.3 Å². The molecule has 1 fully saturated rings. The van der Waals surface area contributed by atoms with E-state index in [0.717, 1.165) is 18.5 Å². The number of hydrogen-bond acceptors (Lipinski definition) is 4. The Morgan fingerprint density at radius 1 is 1.28 bits per heavy atom. The molecule has 2 aliphatic heterocycles. The Labute approximate surface area is 146 Å². The number of rotatable bonds is 5. The first-order valence-corrected chi connectivity index (χ1v) is 8.74. The number of carbonyl (C=O) groups excluding carboxylic acids is 3. The van der Waals surface area contributed by atoms with Crippen LogP contribution in [-0.4, -0.2) is 43.5 Å². The van der Waals surface area contributed by atoms with Crippen molar-refractivity contribution in [2.45, 2.75) is 38.1 Å². The number of benzene rings is 1. The summed E-state index contributed by atoms with van der Waals surface area (Å²) < 4.78 is 5.40. The number of carbonyl (C=O) groups is 3. The van der Waals surface area contributed by atoms with Crippen molar-refractivity contribution < 1.29 is 19.1 Å². The average molecular weight is 345 g/mol. The third-order valence-electron chi connectivity index (χ3n) is 4.46. The van der Waals surface area contributed by atoms with E-state index in [1.54, 1.807) is 4.90 Å². The van der Waals surface area contributed by atoms with Gasteiger partial charge in [-0.05, 0) is 37.8 Å². The van der Waals surface area contributed by atoms with Gasteiger partial charge in [-0.15, -0.1) is 0 Å². The van der Waals surface area contributed by atoms with Crippen LogP contribution >= 0.6 is 0 Å². The number of nitrogens with one attached hydrogen (secondary N) is 2. The molecule has 2 aliphatic rings. The predicted octanol–water partition coefficient (Wildman–Crippen LogP) is 0.977. The molecule has 7 nitrogen and oxygen atoms in total. The molecule has 2 heterocycles. The lowest BCUT2D eigenvalue weighted by atomic mass is 10.1. The molecule has 134 valence electrons. The maximum Gasteiger partial charge on any atom is 0.265 e. The van der Waals surface area contributed by atoms with Gasteiger partial charge in [-0.1, -0.05) is 12.1 Å². The quantitative estimate of drug-likeness (QED) is 0.833. The average Bonchev–Trinajstić information content (AvgIpc) is 2.81. The molecule has 1 unspecified atom stereocenters. The van der Waals surface area contributed by atoms with E-state index in [1.165, 1.54) is 0 Å². The third kappa shape index (κ3) is 4.29. The molecule has 1 saturated heterocycles. The lowest BCUT2D eigenvalue weighted by molar-refractivity contribution is -0.128. The normalized spacial score (nSPS) is 20.2. The lowest BCUT2D eigenvalue weighted by Gasteiger charge is -2.29. The summed E-state index contributed by atoms with van der Waals surface area (Å²) in [5.74, 6) is 0.308. The van der Waals surface area contributed by atoms with Crippen LogP contribution in [0.25, 0.3) is 0 Å². The summed E-state index contributed by atoms with van der Waals surface area (Å²) in [6.07, 6.45) is 3.34. The van der Waals surface area contributed by atoms with Crippen molar-refractivity contribution in [3.63, 3.8) is 0 Å². The zero-order chi connectivity index (χ0) is 17.6. The Bertz CT molecular complexity index is 661. The van der Waals surface area contributed by atoms with Crippen LogP contribution in [0.3, 0.4) is 0 Å². The molecule has 0 saturated carbocycles. The van der Waals surface area contributed by atoms with Crippen LogP contribution in [0.2, 0.25) is 0 Å². The van der Waals surface area contributed by atoms with Crippen molar-refractivity contribution in [1.29, 1.82) is 0 Å². The van der Waals surface area contributed by atoms with Crippen LogP contribution in [-0.2, 0) is 14.4 Å². The molecule has 1 aromatic rings. The maximum absolute atomic E-state index is 12.1. The Morgan fingerprint density at radius 2 is 2.12 bits per heavy atom. The third-order valence-corrected chi connectivity index (χ3v) is 4.46. The summed E-state index contributed by atoms with van der Waals surface area (Å²) in [4.78, 5) is 37.7. The minimum Gasteiger partial charge on any atom is -0.482 e. The van der Waals surface area contributed by atoms with Crippen LogP contribution in [0, 0.1) is 0 Å². The van der Waals surface area contributed by atoms with Gasteiger partial charge in [0.25, 0.3) is 5.91 Å². The van der Waals surface area contributed by atoms with Crippen LogP contribution < -0.4 is 20.3 Å². The van der Waals surface area contributed by atoms with Crippen LogP contribution in [0.5, 0.6) is 5.75 Å². The topological polar surface area (TPSA) is 87.7 Å². The standard InChI is InChI=1S/C18H23N3O4/c22-16(20-13-6-3-4-10-19-18(13)24)9-5-11-21-14-7-1-2-8-15(14)25-12-17(21)23/h1-2,7-8,13H,3-6,9-12H2,(H,19,24)(H,20,22). The molecule has 0 spiro atoms. The smallest absolute Gasteiger partial charge is 0.265 e. The molecule has 2 N–H and O–H groups in total. The summed E-state index contributed by atoms with van der Waals surface area (Å²) in [6.45, 7) is 1.14. The first-order valence-electron chi connectivity index (χ1n) is 8.74. The second kappa shape index (κ2) is 8.00. The van der Waals surface area contributed by atoms with E-state index in [2.05, 4.69) is 10.6 Å². The molecule has 0 aromatic heterocycles. The van der Waals surface area contributed by atoms with Gasteiger partial charge in [-0.25, -0.2) is 0 Å². The molecule has 3 amide bonds. The minimum absolute atomic E-state index is 0.0193. The van der Waals surface area contributed by atoms with Gasteiger partial charge in [0.05, 0.1) is 5.69 Å². The molecule has 0 bridgehead atoms. The largest absolute Gasteiger partial charge is 0.482 e. The van der Waals surface area contributed by atoms with E-state index in [-0.39, 0.29) is 30.7 Å². The first kappa shape index (κ1) is 17.3. The highest BCUT2D eigenvalue weighted by atomic mass is 16.5. The van der Waals surface area contributed by atoms with Gasteiger partial charge in [0.15, 0.2) is 6.61 Å². The van der Waals surface area contributed by atoms with Crippen molar-refractivity contribution in [2.75, 3.05) is 24.6 Å². The molecule has 0 radical (unpaired) electrons. The highest BCUT2D eigenvalue weighted by Crippen LogP contribution is 2.31. The monoisotopic (exact) mass is 345 g/mol. The lowest BCUT2D eigenvalue weighted by Crippen LogP contribution is -2.45. The molecule has 3 rings (SSSR count). The molecule has 1 atom stereocenters. The molecule has 0 aliphatic carbocycles. The van der Waals surface area contributed by atoms with E-state index >= 15 is 0 Å². The van der Waals surface area contributed by atoms with Gasteiger partial charge < -0.3 is 20.3 Å². The number of ether oxygens (including phenoxy) is 1. The maximum atomic E-state index is 12.1. The summed E-state index contributed by atoms with van der Waals surface area (Å²) in [5, 5.41) is 5.60. The Balaban J connectivity index is 1.50. The van der Waals surface area contributed by atoms with Crippen LogP contribution in [0.4, 0.5) is 5.69 Å². The number of anilines is 1. The first-order chi connectivity index (χ1) is 12.1. The Hall–Kier alpha value is -2.57. The van der Waals surface area contributed by atoms with Crippen molar-refractivity contribution >= 4 is 23.4 Å². The SMILES string of the molecule is O=C(CCCN1C(=O)COc2ccccc21)NC1CCCCNC1=O. The Morgan fingerprint density at radius 3 is 3.00 bits per heavy atom. The van der Waals surface area contributed by atoms with E-state index in [0.29, 0.717) is 31.7 Å². The summed E-state index contributed by atoms with van der Waals surface area (Å²) in [5.41, 5.74) is 0.738. The number of para-hydroxylation sites is 2. The van der Waals surface area contributed by atoms with Gasteiger partial charge in [0, 0.05) is 19.5 Å². The fraction of sp³-hybridized carbons (Fsp3) is 0.500. The van der Waals surface area contributed by atoms with Gasteiger partial charge >= 0.3 is 0 Å². The Kier molecular flexibility index (Phi) is 5.53. The highest BCUT2D eigenvalue weighted by molar-refractivity contribution is 5.97. The van der Waals surface area contributed by atoms with E-state index in [9.17, 15) is 14.4 Å². The zero-order valence-corrected chi connectivity index (χ0v) is 14.1. The van der Waals surface area contributed by atoms with E-state index < -0.39 is 6.04 Å². The predicted molar refractivity (Wildman–Crippen MR) is 92.3 cm³/mol. The summed E-state index contributed by atoms with van der Waals surface area (Å²) >= 11 is 0. The molecular weight excluding hydrogens is 322 g/mol. The van der Waals surface area contributed by atoms with Gasteiger partial charge in [0.2, 0.25) is 11.8 Å². The van der Waals surface area contributed by atoms with Crippen molar-refractivity contribution in [3.8, 4) is 5.75 Å². The summed E-state index contributed by atoms with van der Waals surface area (Å²) in [7, 11) is 0. The molecule has 1 aromatic carbocycles. The minimum atomic E-state index is -0.444.